The number of rotatable bonds is 6. The van der Waals surface area contributed by atoms with Crippen molar-refractivity contribution in [3.05, 3.63) is 0 Å². The third-order valence-electron chi connectivity index (χ3n) is 2.03. The number of nitriles is 1. The second-order valence-corrected chi connectivity index (χ2v) is 3.90. The summed E-state index contributed by atoms with van der Waals surface area (Å²) in [4.78, 5) is 2.18. The summed E-state index contributed by atoms with van der Waals surface area (Å²) in [7, 11) is 0. The molecule has 0 heterocycles. The monoisotopic (exact) mass is 184 g/mol. The quantitative estimate of drug-likeness (QED) is 0.678. The molecule has 0 aromatic carbocycles. The molecule has 0 spiro atoms. The molecule has 0 bridgehead atoms. The minimum absolute atomic E-state index is 0.569. The van der Waals surface area contributed by atoms with Gasteiger partial charge in [0.2, 0.25) is 0 Å². The van der Waals surface area contributed by atoms with E-state index in [1.165, 1.54) is 0 Å². The Labute approximate surface area is 81.0 Å². The maximum atomic E-state index is 9.50. The zero-order chi connectivity index (χ0) is 10.3. The third-order valence-corrected chi connectivity index (χ3v) is 2.03. The molecule has 0 aromatic rings. The maximum Gasteiger partial charge on any atom is 0.0635 e. The summed E-state index contributed by atoms with van der Waals surface area (Å²) < 4.78 is 0. The van der Waals surface area contributed by atoms with Crippen LogP contribution in [0.5, 0.6) is 0 Å². The maximum absolute atomic E-state index is 9.50. The normalized spacial score (nSPS) is 11.7. The second kappa shape index (κ2) is 5.95. The Balaban J connectivity index is 3.67. The summed E-state index contributed by atoms with van der Waals surface area (Å²) in [6.45, 7) is 8.31. The van der Waals surface area contributed by atoms with E-state index in [-0.39, 0.29) is 0 Å². The molecule has 0 fully saturated rings. The van der Waals surface area contributed by atoms with Gasteiger partial charge in [-0.05, 0) is 26.8 Å². The molecule has 76 valence electrons. The van der Waals surface area contributed by atoms with Crippen molar-refractivity contribution in [2.75, 3.05) is 19.6 Å². The van der Waals surface area contributed by atoms with Crippen LogP contribution in [0.25, 0.3) is 0 Å². The molecule has 0 aliphatic rings. The van der Waals surface area contributed by atoms with Gasteiger partial charge in [-0.1, -0.05) is 6.92 Å². The predicted molar refractivity (Wildman–Crippen MR) is 53.3 cm³/mol. The van der Waals surface area contributed by atoms with Gasteiger partial charge in [-0.2, -0.15) is 5.26 Å². The van der Waals surface area contributed by atoms with Crippen LogP contribution in [0.3, 0.4) is 0 Å². The van der Waals surface area contributed by atoms with Gasteiger partial charge in [0.05, 0.1) is 11.7 Å². The molecule has 0 aliphatic heterocycles. The molecule has 0 unspecified atom stereocenters. The van der Waals surface area contributed by atoms with Gasteiger partial charge in [0, 0.05) is 19.5 Å². The van der Waals surface area contributed by atoms with Crippen LogP contribution in [0.1, 0.15) is 33.6 Å². The van der Waals surface area contributed by atoms with Gasteiger partial charge >= 0.3 is 0 Å². The topological polar surface area (TPSA) is 47.3 Å². The highest BCUT2D eigenvalue weighted by Gasteiger charge is 2.13. The lowest BCUT2D eigenvalue weighted by atomic mass is 10.1. The molecule has 3 heteroatoms. The first-order chi connectivity index (χ1) is 5.99. The van der Waals surface area contributed by atoms with Gasteiger partial charge in [0.1, 0.15) is 0 Å². The van der Waals surface area contributed by atoms with Crippen LogP contribution in [-0.4, -0.2) is 35.2 Å². The Morgan fingerprint density at radius 2 is 2.00 bits per heavy atom. The van der Waals surface area contributed by atoms with Gasteiger partial charge in [-0.3, -0.25) is 0 Å². The lowest BCUT2D eigenvalue weighted by molar-refractivity contribution is 0.0586. The average molecular weight is 184 g/mol. The SMILES string of the molecule is CCN(CCC#N)CCC(C)(C)O. The van der Waals surface area contributed by atoms with Crippen LogP contribution in [0.4, 0.5) is 0 Å². The molecular weight excluding hydrogens is 164 g/mol. The summed E-state index contributed by atoms with van der Waals surface area (Å²) in [6, 6.07) is 2.13. The van der Waals surface area contributed by atoms with E-state index in [1.54, 1.807) is 0 Å². The molecule has 0 amide bonds. The largest absolute Gasteiger partial charge is 0.390 e. The fourth-order valence-corrected chi connectivity index (χ4v) is 1.07. The van der Waals surface area contributed by atoms with Crippen LogP contribution >= 0.6 is 0 Å². The zero-order valence-electron chi connectivity index (χ0n) is 8.88. The number of hydrogen-bond donors (Lipinski definition) is 1. The molecule has 0 atom stereocenters. The van der Waals surface area contributed by atoms with Crippen LogP contribution in [0.2, 0.25) is 0 Å². The zero-order valence-corrected chi connectivity index (χ0v) is 8.88. The molecule has 0 aromatic heterocycles. The van der Waals surface area contributed by atoms with Crippen molar-refractivity contribution < 1.29 is 5.11 Å². The van der Waals surface area contributed by atoms with Crippen LogP contribution in [0, 0.1) is 11.3 Å². The minimum Gasteiger partial charge on any atom is -0.390 e. The van der Waals surface area contributed by atoms with Crippen LogP contribution in [0.15, 0.2) is 0 Å². The first kappa shape index (κ1) is 12.4. The van der Waals surface area contributed by atoms with Crippen molar-refractivity contribution in [1.82, 2.24) is 4.90 Å². The molecule has 0 saturated heterocycles. The van der Waals surface area contributed by atoms with Crippen molar-refractivity contribution in [3.8, 4) is 6.07 Å². The Bertz CT molecular complexity index is 167. The summed E-state index contributed by atoms with van der Waals surface area (Å²) >= 11 is 0. The first-order valence-corrected chi connectivity index (χ1v) is 4.81. The fraction of sp³-hybridized carbons (Fsp3) is 0.900. The third kappa shape index (κ3) is 7.76. The van der Waals surface area contributed by atoms with Crippen molar-refractivity contribution >= 4 is 0 Å². The van der Waals surface area contributed by atoms with E-state index >= 15 is 0 Å². The van der Waals surface area contributed by atoms with Crippen molar-refractivity contribution in [2.45, 2.75) is 39.2 Å². The van der Waals surface area contributed by atoms with E-state index in [4.69, 9.17) is 5.26 Å². The lowest BCUT2D eigenvalue weighted by Crippen LogP contribution is -2.31. The highest BCUT2D eigenvalue weighted by Crippen LogP contribution is 2.08. The first-order valence-electron chi connectivity index (χ1n) is 4.81. The molecule has 0 saturated carbocycles. The predicted octanol–water partition coefficient (Wildman–Crippen LogP) is 1.38. The van der Waals surface area contributed by atoms with Gasteiger partial charge in [0.15, 0.2) is 0 Å². The number of hydrogen-bond acceptors (Lipinski definition) is 3. The van der Waals surface area contributed by atoms with Crippen molar-refractivity contribution in [2.24, 2.45) is 0 Å². The summed E-state index contributed by atoms with van der Waals surface area (Å²) in [5, 5.41) is 17.9. The van der Waals surface area contributed by atoms with Gasteiger partial charge in [-0.15, -0.1) is 0 Å². The molecular formula is C10H20N2O. The molecule has 0 rings (SSSR count). The molecule has 13 heavy (non-hydrogen) atoms. The second-order valence-electron chi connectivity index (χ2n) is 3.90. The smallest absolute Gasteiger partial charge is 0.0635 e. The van der Waals surface area contributed by atoms with Crippen molar-refractivity contribution in [3.63, 3.8) is 0 Å². The van der Waals surface area contributed by atoms with Gasteiger partial charge in [0.25, 0.3) is 0 Å². The number of aliphatic hydroxyl groups is 1. The molecule has 1 N–H and O–H groups in total. The van der Waals surface area contributed by atoms with Crippen molar-refractivity contribution in [1.29, 1.82) is 5.26 Å². The van der Waals surface area contributed by atoms with Gasteiger partial charge < -0.3 is 10.0 Å². The lowest BCUT2D eigenvalue weighted by Gasteiger charge is -2.24. The van der Waals surface area contributed by atoms with E-state index < -0.39 is 5.60 Å². The highest BCUT2D eigenvalue weighted by atomic mass is 16.3. The summed E-state index contributed by atoms with van der Waals surface area (Å²) in [5.74, 6) is 0. The molecule has 0 radical (unpaired) electrons. The Hall–Kier alpha value is -0.590. The van der Waals surface area contributed by atoms with E-state index in [1.807, 2.05) is 13.8 Å². The van der Waals surface area contributed by atoms with Gasteiger partial charge in [-0.25, -0.2) is 0 Å². The molecule has 0 aliphatic carbocycles. The van der Waals surface area contributed by atoms with Crippen LogP contribution < -0.4 is 0 Å². The highest BCUT2D eigenvalue weighted by molar-refractivity contribution is 4.74. The Morgan fingerprint density at radius 3 is 2.38 bits per heavy atom. The number of nitrogens with zero attached hydrogens (tertiary/aromatic N) is 2. The summed E-state index contributed by atoms with van der Waals surface area (Å²) in [6.07, 6.45) is 1.33. The van der Waals surface area contributed by atoms with E-state index in [9.17, 15) is 5.11 Å². The fourth-order valence-electron chi connectivity index (χ4n) is 1.07. The average Bonchev–Trinajstić information content (AvgIpc) is 2.03. The summed E-state index contributed by atoms with van der Waals surface area (Å²) in [5.41, 5.74) is -0.597. The minimum atomic E-state index is -0.597. The van der Waals surface area contributed by atoms with E-state index in [2.05, 4.69) is 17.9 Å². The van der Waals surface area contributed by atoms with Crippen LogP contribution in [-0.2, 0) is 0 Å². The molecule has 3 nitrogen and oxygen atoms in total. The Morgan fingerprint density at radius 1 is 1.38 bits per heavy atom. The Kier molecular flexibility index (Phi) is 5.68. The van der Waals surface area contributed by atoms with E-state index in [0.29, 0.717) is 6.42 Å². The standard InChI is InChI=1S/C10H20N2O/c1-4-12(8-5-7-11)9-6-10(2,3)13/h13H,4-6,8-9H2,1-3H3. The van der Waals surface area contributed by atoms with E-state index in [0.717, 1.165) is 26.1 Å².